The van der Waals surface area contributed by atoms with Gasteiger partial charge in [-0.3, -0.25) is 4.79 Å². The van der Waals surface area contributed by atoms with E-state index in [1.165, 1.54) is 41.7 Å². The van der Waals surface area contributed by atoms with E-state index in [1.54, 1.807) is 0 Å². The Kier molecular flexibility index (Phi) is 2.90. The molecular formula is C11H8F3NO2S2. The Labute approximate surface area is 115 Å². The third kappa shape index (κ3) is 2.16. The number of nitrogens with one attached hydrogen (secondary N) is 1. The summed E-state index contributed by atoms with van der Waals surface area (Å²) in [6, 6.07) is 3.95. The Bertz CT molecular complexity index is 541. The molecule has 8 heteroatoms. The van der Waals surface area contributed by atoms with Crippen LogP contribution in [0.2, 0.25) is 0 Å². The molecule has 3 nitrogen and oxygen atoms in total. The van der Waals surface area contributed by atoms with Crippen molar-refractivity contribution in [2.45, 2.75) is 10.4 Å². The number of hydrogen-bond acceptors (Lipinski definition) is 4. The van der Waals surface area contributed by atoms with Crippen LogP contribution in [0.5, 0.6) is 5.75 Å². The van der Waals surface area contributed by atoms with Crippen molar-refractivity contribution in [2.24, 2.45) is 0 Å². The van der Waals surface area contributed by atoms with E-state index in [2.05, 4.69) is 10.1 Å². The number of thioether (sulfide) groups is 2. The van der Waals surface area contributed by atoms with Gasteiger partial charge in [0, 0.05) is 22.8 Å². The van der Waals surface area contributed by atoms with Crippen LogP contribution < -0.4 is 10.1 Å². The summed E-state index contributed by atoms with van der Waals surface area (Å²) in [5.74, 6) is 1.11. The summed E-state index contributed by atoms with van der Waals surface area (Å²) >= 11 is 2.89. The zero-order valence-corrected chi connectivity index (χ0v) is 11.0. The molecule has 0 atom stereocenters. The first-order chi connectivity index (χ1) is 8.91. The number of anilines is 1. The smallest absolute Gasteiger partial charge is 0.406 e. The van der Waals surface area contributed by atoms with E-state index in [0.717, 1.165) is 11.5 Å². The van der Waals surface area contributed by atoms with Gasteiger partial charge in [0.1, 0.15) is 5.75 Å². The molecule has 3 rings (SSSR count). The van der Waals surface area contributed by atoms with Gasteiger partial charge in [0.2, 0.25) is 0 Å². The first-order valence-corrected chi connectivity index (χ1v) is 7.37. The summed E-state index contributed by atoms with van der Waals surface area (Å²) in [5, 5.41) is 2.70. The molecule has 2 aliphatic rings. The number of halogens is 3. The molecule has 2 aliphatic heterocycles. The zero-order chi connectivity index (χ0) is 13.7. The normalized spacial score (nSPS) is 20.5. The van der Waals surface area contributed by atoms with Crippen LogP contribution in [0, 0.1) is 0 Å². The summed E-state index contributed by atoms with van der Waals surface area (Å²) in [6.45, 7) is 0. The predicted molar refractivity (Wildman–Crippen MR) is 68.3 cm³/mol. The summed E-state index contributed by atoms with van der Waals surface area (Å²) in [4.78, 5) is 12.0. The molecule has 1 amide bonds. The third-order valence-electron chi connectivity index (χ3n) is 2.82. The Hall–Kier alpha value is -1.02. The van der Waals surface area contributed by atoms with E-state index in [1.807, 2.05) is 0 Å². The Morgan fingerprint density at radius 1 is 1.26 bits per heavy atom. The molecule has 0 aromatic heterocycles. The number of carbonyl (C=O) groups is 1. The second-order valence-electron chi connectivity index (χ2n) is 4.02. The molecule has 0 unspecified atom stereocenters. The van der Waals surface area contributed by atoms with Crippen LogP contribution in [0.25, 0.3) is 0 Å². The summed E-state index contributed by atoms with van der Waals surface area (Å²) in [6.07, 6.45) is -4.73. The minimum atomic E-state index is -4.73. The molecule has 0 aliphatic carbocycles. The molecule has 1 aromatic rings. The van der Waals surface area contributed by atoms with Gasteiger partial charge in [-0.15, -0.1) is 36.7 Å². The lowest BCUT2D eigenvalue weighted by atomic mass is 10.1. The van der Waals surface area contributed by atoms with Crippen molar-refractivity contribution in [1.29, 1.82) is 0 Å². The minimum Gasteiger partial charge on any atom is -0.406 e. The first-order valence-electron chi connectivity index (χ1n) is 5.40. The van der Waals surface area contributed by atoms with E-state index < -0.39 is 10.4 Å². The highest BCUT2D eigenvalue weighted by Crippen LogP contribution is 2.58. The van der Waals surface area contributed by atoms with E-state index in [0.29, 0.717) is 11.3 Å². The molecule has 0 saturated carbocycles. The fraction of sp³-hybridized carbons (Fsp3) is 0.364. The molecule has 1 spiro atoms. The lowest BCUT2D eigenvalue weighted by molar-refractivity contribution is -0.274. The second-order valence-corrected chi connectivity index (χ2v) is 6.90. The van der Waals surface area contributed by atoms with E-state index in [4.69, 9.17) is 0 Å². The summed E-state index contributed by atoms with van der Waals surface area (Å²) in [7, 11) is 0. The lowest BCUT2D eigenvalue weighted by Crippen LogP contribution is -2.25. The van der Waals surface area contributed by atoms with Crippen molar-refractivity contribution in [2.75, 3.05) is 16.8 Å². The maximum atomic E-state index is 12.2. The van der Waals surface area contributed by atoms with Gasteiger partial charge < -0.3 is 10.1 Å². The monoisotopic (exact) mass is 307 g/mol. The van der Waals surface area contributed by atoms with Crippen molar-refractivity contribution in [3.8, 4) is 5.75 Å². The maximum absolute atomic E-state index is 12.2. The van der Waals surface area contributed by atoms with Gasteiger partial charge in [-0.2, -0.15) is 0 Å². The molecule has 1 aromatic carbocycles. The van der Waals surface area contributed by atoms with Crippen LogP contribution in [0.15, 0.2) is 18.2 Å². The Morgan fingerprint density at radius 3 is 2.58 bits per heavy atom. The van der Waals surface area contributed by atoms with Gasteiger partial charge in [0.15, 0.2) is 4.08 Å². The fourth-order valence-electron chi connectivity index (χ4n) is 2.13. The molecule has 102 valence electrons. The highest BCUT2D eigenvalue weighted by atomic mass is 32.2. The average molecular weight is 307 g/mol. The van der Waals surface area contributed by atoms with E-state index in [9.17, 15) is 18.0 Å². The van der Waals surface area contributed by atoms with Gasteiger partial charge in [-0.1, -0.05) is 0 Å². The van der Waals surface area contributed by atoms with Crippen LogP contribution >= 0.6 is 23.5 Å². The molecule has 0 radical (unpaired) electrons. The van der Waals surface area contributed by atoms with Crippen molar-refractivity contribution < 1.29 is 22.7 Å². The van der Waals surface area contributed by atoms with Crippen molar-refractivity contribution in [1.82, 2.24) is 0 Å². The number of benzene rings is 1. The maximum Gasteiger partial charge on any atom is 0.573 e. The molecule has 1 fully saturated rings. The number of hydrogen-bond donors (Lipinski definition) is 1. The first kappa shape index (κ1) is 13.0. The molecule has 0 bridgehead atoms. The number of amides is 1. The standard InChI is InChI=1S/C11H8F3NO2S2/c12-11(13,14)17-6-1-2-8-7(5-6)10(9(16)15-8)18-3-4-19-10/h1-2,5H,3-4H2,(H,15,16). The van der Waals surface area contributed by atoms with Crippen LogP contribution in [0.1, 0.15) is 5.56 Å². The second kappa shape index (κ2) is 4.24. The Morgan fingerprint density at radius 2 is 1.95 bits per heavy atom. The minimum absolute atomic E-state index is 0.181. The average Bonchev–Trinajstić information content (AvgIpc) is 2.87. The fourth-order valence-corrected chi connectivity index (χ4v) is 5.22. The molecule has 2 heterocycles. The molecule has 1 saturated heterocycles. The number of alkyl halides is 3. The quantitative estimate of drug-likeness (QED) is 0.865. The van der Waals surface area contributed by atoms with E-state index >= 15 is 0 Å². The van der Waals surface area contributed by atoms with Gasteiger partial charge >= 0.3 is 6.36 Å². The largest absolute Gasteiger partial charge is 0.573 e. The molecule has 1 N–H and O–H groups in total. The van der Waals surface area contributed by atoms with Crippen molar-refractivity contribution in [3.63, 3.8) is 0 Å². The SMILES string of the molecule is O=C1Nc2ccc(OC(F)(F)F)cc2C12SCCS2. The number of ether oxygens (including phenoxy) is 1. The third-order valence-corrected chi connectivity index (χ3v) is 6.23. The predicted octanol–water partition coefficient (Wildman–Crippen LogP) is 3.17. The summed E-state index contributed by atoms with van der Waals surface area (Å²) in [5.41, 5.74) is 1.12. The van der Waals surface area contributed by atoms with Crippen LogP contribution in [-0.2, 0) is 8.87 Å². The van der Waals surface area contributed by atoms with Crippen LogP contribution in [-0.4, -0.2) is 23.8 Å². The number of carbonyl (C=O) groups excluding carboxylic acids is 1. The lowest BCUT2D eigenvalue weighted by Gasteiger charge is -2.19. The van der Waals surface area contributed by atoms with Gasteiger partial charge in [-0.25, -0.2) is 0 Å². The molecule has 19 heavy (non-hydrogen) atoms. The van der Waals surface area contributed by atoms with Gasteiger partial charge in [0.25, 0.3) is 5.91 Å². The van der Waals surface area contributed by atoms with Crippen LogP contribution in [0.3, 0.4) is 0 Å². The van der Waals surface area contributed by atoms with Crippen molar-refractivity contribution in [3.05, 3.63) is 23.8 Å². The highest BCUT2D eigenvalue weighted by molar-refractivity contribution is 8.21. The zero-order valence-electron chi connectivity index (χ0n) is 9.41. The number of rotatable bonds is 1. The number of fused-ring (bicyclic) bond motifs is 2. The molecular weight excluding hydrogens is 299 g/mol. The van der Waals surface area contributed by atoms with Crippen molar-refractivity contribution >= 4 is 35.1 Å². The summed E-state index contributed by atoms with van der Waals surface area (Å²) < 4.78 is 39.8. The van der Waals surface area contributed by atoms with Gasteiger partial charge in [-0.05, 0) is 18.2 Å². The Balaban J connectivity index is 2.01. The van der Waals surface area contributed by atoms with Crippen LogP contribution in [0.4, 0.5) is 18.9 Å². The van der Waals surface area contributed by atoms with E-state index in [-0.39, 0.29) is 11.7 Å². The highest BCUT2D eigenvalue weighted by Gasteiger charge is 2.50. The van der Waals surface area contributed by atoms with Gasteiger partial charge in [0.05, 0.1) is 0 Å². The topological polar surface area (TPSA) is 38.3 Å².